The molecule has 0 saturated carbocycles. The summed E-state index contributed by atoms with van der Waals surface area (Å²) in [5.41, 5.74) is 3.08. The number of rotatable bonds is 6. The molecule has 3 aromatic heterocycles. The molecule has 2 aliphatic heterocycles. The molecule has 12 heteroatoms. The number of hydrogen-bond acceptors (Lipinski definition) is 8. The molecule has 6 rings (SSSR count). The Hall–Kier alpha value is -3.42. The van der Waals surface area contributed by atoms with E-state index < -0.39 is 34.2 Å². The molecule has 4 aromatic rings. The van der Waals surface area contributed by atoms with Gasteiger partial charge < -0.3 is 24.3 Å². The third kappa shape index (κ3) is 4.36. The number of aromatic amines is 1. The van der Waals surface area contributed by atoms with E-state index in [1.165, 1.54) is 25.4 Å². The molecule has 192 valence electrons. The predicted octanol–water partition coefficient (Wildman–Crippen LogP) is 2.25. The molecule has 37 heavy (non-hydrogen) atoms. The third-order valence-electron chi connectivity index (χ3n) is 6.56. The molecule has 0 spiro atoms. The lowest BCUT2D eigenvalue weighted by Crippen LogP contribution is -2.34. The Kier molecular flexibility index (Phi) is 5.92. The van der Waals surface area contributed by atoms with E-state index in [1.54, 1.807) is 36.4 Å². The van der Waals surface area contributed by atoms with Crippen LogP contribution in [0.4, 0.5) is 4.39 Å². The number of hydrogen-bond donors (Lipinski definition) is 3. The highest BCUT2D eigenvalue weighted by molar-refractivity contribution is 7.89. The normalized spacial score (nSPS) is 23.4. The molecule has 0 radical (unpaired) electrons. The molecule has 2 fully saturated rings. The Morgan fingerprint density at radius 2 is 1.84 bits per heavy atom. The highest BCUT2D eigenvalue weighted by Crippen LogP contribution is 2.32. The summed E-state index contributed by atoms with van der Waals surface area (Å²) in [5, 5.41) is 9.91. The molecule has 4 atom stereocenters. The van der Waals surface area contributed by atoms with Gasteiger partial charge in [-0.25, -0.2) is 22.5 Å². The van der Waals surface area contributed by atoms with Gasteiger partial charge in [-0.05, 0) is 19.2 Å². The summed E-state index contributed by atoms with van der Waals surface area (Å²) in [6.07, 6.45) is -0.550. The summed E-state index contributed by atoms with van der Waals surface area (Å²) in [5.74, 6) is -0.0941. The van der Waals surface area contributed by atoms with Crippen molar-refractivity contribution in [3.63, 3.8) is 0 Å². The number of nitrogens with zero attached hydrogens (tertiary/aromatic N) is 2. The van der Waals surface area contributed by atoms with Gasteiger partial charge in [0.15, 0.2) is 17.8 Å². The maximum absolute atomic E-state index is 15.0. The second kappa shape index (κ2) is 9.15. The largest absolute Gasteiger partial charge is 0.470 e. The Labute approximate surface area is 211 Å². The number of aromatic nitrogens is 3. The van der Waals surface area contributed by atoms with Crippen molar-refractivity contribution in [2.75, 3.05) is 20.3 Å². The zero-order valence-corrected chi connectivity index (χ0v) is 20.4. The number of nitrogens with one attached hydrogen (secondary N) is 2. The van der Waals surface area contributed by atoms with Crippen LogP contribution in [0.15, 0.2) is 59.6 Å². The lowest BCUT2D eigenvalue weighted by molar-refractivity contribution is 0.00794. The third-order valence-corrected chi connectivity index (χ3v) is 7.96. The fourth-order valence-electron chi connectivity index (χ4n) is 4.61. The molecule has 1 aromatic carbocycles. The average Bonchev–Trinajstić information content (AvgIpc) is 3.60. The van der Waals surface area contributed by atoms with Gasteiger partial charge in [0, 0.05) is 29.5 Å². The first-order valence-corrected chi connectivity index (χ1v) is 13.1. The van der Waals surface area contributed by atoms with Gasteiger partial charge in [-0.2, -0.15) is 0 Å². The van der Waals surface area contributed by atoms with Crippen LogP contribution in [-0.4, -0.2) is 73.2 Å². The van der Waals surface area contributed by atoms with Gasteiger partial charge in [0.1, 0.15) is 28.9 Å². The number of halogens is 1. The first-order valence-electron chi connectivity index (χ1n) is 11.6. The molecule has 0 bridgehead atoms. The minimum absolute atomic E-state index is 0.0680. The van der Waals surface area contributed by atoms with Crippen molar-refractivity contribution in [2.24, 2.45) is 0 Å². The summed E-state index contributed by atoms with van der Waals surface area (Å²) in [7, 11) is -2.23. The smallest absolute Gasteiger partial charge is 0.241 e. The van der Waals surface area contributed by atoms with Crippen LogP contribution in [0.5, 0.6) is 5.88 Å². The molecule has 10 nitrogen and oxygen atoms in total. The van der Waals surface area contributed by atoms with Crippen molar-refractivity contribution in [1.82, 2.24) is 19.7 Å². The predicted molar refractivity (Wildman–Crippen MR) is 131 cm³/mol. The summed E-state index contributed by atoms with van der Waals surface area (Å²) in [4.78, 5) is 11.8. The van der Waals surface area contributed by atoms with Crippen LogP contribution in [-0.2, 0) is 19.5 Å². The van der Waals surface area contributed by atoms with Crippen molar-refractivity contribution in [3.05, 3.63) is 60.5 Å². The summed E-state index contributed by atoms with van der Waals surface area (Å²) in [6, 6.07) is 13.1. The average molecular weight is 527 g/mol. The molecule has 0 aliphatic carbocycles. The second-order valence-electron chi connectivity index (χ2n) is 8.87. The number of ether oxygens (including phenoxy) is 3. The number of benzene rings is 1. The van der Waals surface area contributed by atoms with Crippen molar-refractivity contribution >= 4 is 21.1 Å². The van der Waals surface area contributed by atoms with E-state index in [0.717, 1.165) is 5.56 Å². The zero-order valence-electron chi connectivity index (χ0n) is 19.6. The molecule has 2 saturated heterocycles. The summed E-state index contributed by atoms with van der Waals surface area (Å²) < 4.78 is 58.2. The van der Waals surface area contributed by atoms with Crippen molar-refractivity contribution in [3.8, 4) is 28.4 Å². The molecular formula is C25H23FN4O6S. The molecular weight excluding hydrogens is 503 g/mol. The van der Waals surface area contributed by atoms with Crippen LogP contribution in [0.3, 0.4) is 0 Å². The number of fused-ring (bicyclic) bond motifs is 2. The van der Waals surface area contributed by atoms with Crippen LogP contribution < -0.4 is 9.46 Å². The van der Waals surface area contributed by atoms with Gasteiger partial charge >= 0.3 is 0 Å². The molecule has 5 heterocycles. The number of aliphatic hydroxyl groups is 1. The first kappa shape index (κ1) is 23.9. The van der Waals surface area contributed by atoms with Crippen molar-refractivity contribution < 1.29 is 32.1 Å². The van der Waals surface area contributed by atoms with Crippen molar-refractivity contribution in [2.45, 2.75) is 29.3 Å². The zero-order chi connectivity index (χ0) is 25.7. The molecule has 0 unspecified atom stereocenters. The summed E-state index contributed by atoms with van der Waals surface area (Å²) >= 11 is 0. The molecule has 0 amide bonds. The standard InChI is InChI=1S/C25H23FN4O6S/c1-27-37(32,33)15-6-7-17(28-10-15)13-2-4-14(5-3-13)23-16(26)8-18-19(30-23)9-22(29-18)36-21-12-35-24-20(31)11-34-25(21)24/h2-10,20-21,24-25,27,29,31H,11-12H2,1H3/t20-,21-,24-,25-/m1/s1. The second-order valence-corrected chi connectivity index (χ2v) is 10.8. The van der Waals surface area contributed by atoms with E-state index in [1.807, 2.05) is 0 Å². The maximum atomic E-state index is 15.0. The van der Waals surface area contributed by atoms with Crippen LogP contribution in [0.25, 0.3) is 33.5 Å². The van der Waals surface area contributed by atoms with Crippen LogP contribution in [0, 0.1) is 5.82 Å². The van der Waals surface area contributed by atoms with E-state index in [4.69, 9.17) is 14.2 Å². The van der Waals surface area contributed by atoms with E-state index in [-0.39, 0.29) is 29.9 Å². The monoisotopic (exact) mass is 526 g/mol. The number of sulfonamides is 1. The molecule has 3 N–H and O–H groups in total. The Morgan fingerprint density at radius 3 is 2.57 bits per heavy atom. The van der Waals surface area contributed by atoms with Crippen molar-refractivity contribution in [1.29, 1.82) is 0 Å². The fourth-order valence-corrected chi connectivity index (χ4v) is 5.28. The van der Waals surface area contributed by atoms with Gasteiger partial charge in [0.25, 0.3) is 0 Å². The van der Waals surface area contributed by atoms with E-state index in [2.05, 4.69) is 19.7 Å². The van der Waals surface area contributed by atoms with Gasteiger partial charge in [-0.1, -0.05) is 24.3 Å². The Morgan fingerprint density at radius 1 is 1.08 bits per heavy atom. The summed E-state index contributed by atoms with van der Waals surface area (Å²) in [6.45, 7) is 0.487. The number of pyridine rings is 2. The molecule has 2 aliphatic rings. The van der Waals surface area contributed by atoms with Gasteiger partial charge in [0.2, 0.25) is 10.0 Å². The highest BCUT2D eigenvalue weighted by Gasteiger charge is 2.48. The van der Waals surface area contributed by atoms with E-state index in [0.29, 0.717) is 28.2 Å². The van der Waals surface area contributed by atoms with Crippen LogP contribution >= 0.6 is 0 Å². The van der Waals surface area contributed by atoms with E-state index in [9.17, 15) is 17.9 Å². The quantitative estimate of drug-likeness (QED) is 0.348. The lowest BCUT2D eigenvalue weighted by atomic mass is 10.1. The minimum atomic E-state index is -3.57. The maximum Gasteiger partial charge on any atom is 0.241 e. The topological polar surface area (TPSA) is 136 Å². The Balaban J connectivity index is 1.22. The van der Waals surface area contributed by atoms with Gasteiger partial charge in [-0.3, -0.25) is 4.98 Å². The van der Waals surface area contributed by atoms with Gasteiger partial charge in [-0.15, -0.1) is 0 Å². The van der Waals surface area contributed by atoms with Crippen LogP contribution in [0.2, 0.25) is 0 Å². The SMILES string of the molecule is CNS(=O)(=O)c1ccc(-c2ccc(-c3nc4cc(O[C@@H]5CO[C@H]6[C@@H]5OC[C@H]6O)[nH]c4cc3F)cc2)nc1. The highest BCUT2D eigenvalue weighted by atomic mass is 32.2. The lowest BCUT2D eigenvalue weighted by Gasteiger charge is -2.16. The van der Waals surface area contributed by atoms with Crippen LogP contribution in [0.1, 0.15) is 0 Å². The number of H-pyrrole nitrogens is 1. The Bertz CT molecular complexity index is 1560. The fraction of sp³-hybridized carbons (Fsp3) is 0.280. The first-order chi connectivity index (χ1) is 17.8. The van der Waals surface area contributed by atoms with Gasteiger partial charge in [0.05, 0.1) is 29.9 Å². The van der Waals surface area contributed by atoms with E-state index >= 15 is 0 Å². The minimum Gasteiger partial charge on any atom is -0.470 e. The number of aliphatic hydroxyl groups excluding tert-OH is 1.